The van der Waals surface area contributed by atoms with Gasteiger partial charge in [-0.15, -0.1) is 0 Å². The van der Waals surface area contributed by atoms with Gasteiger partial charge < -0.3 is 15.3 Å². The van der Waals surface area contributed by atoms with Gasteiger partial charge in [0.15, 0.2) is 0 Å². The van der Waals surface area contributed by atoms with Gasteiger partial charge in [-0.05, 0) is 29.2 Å². The minimum atomic E-state index is -0.536. The molecule has 48 heavy (non-hydrogen) atoms. The van der Waals surface area contributed by atoms with Gasteiger partial charge in [-0.3, -0.25) is 9.98 Å². The molecule has 1 radical (unpaired) electrons. The van der Waals surface area contributed by atoms with Gasteiger partial charge in [-0.25, -0.2) is 0 Å². The van der Waals surface area contributed by atoms with E-state index in [0.717, 1.165) is 22.3 Å². The molecule has 1 N–H and O–H groups in total. The molecule has 0 aromatic heterocycles. The SMILES string of the molecule is CCO.[Cu+2].[O-]c1ccccc1C(=N[C@@H](c1ccccc1)[C@@H](N=C(c1ccccc1)c1ccccc1[O-])c1ccccc1)c1ccccc1. The van der Waals surface area contributed by atoms with E-state index in [4.69, 9.17) is 15.1 Å². The smallest absolute Gasteiger partial charge is 0.872 e. The minimum Gasteiger partial charge on any atom is -0.872 e. The zero-order chi connectivity index (χ0) is 32.8. The van der Waals surface area contributed by atoms with Crippen LogP contribution in [0.4, 0.5) is 0 Å². The van der Waals surface area contributed by atoms with Crippen molar-refractivity contribution >= 4 is 11.4 Å². The maximum atomic E-state index is 13.2. The number of rotatable bonds is 9. The first kappa shape index (κ1) is 35.6. The Bertz CT molecular complexity index is 1760. The summed E-state index contributed by atoms with van der Waals surface area (Å²) < 4.78 is 0. The number of hydrogen-bond acceptors (Lipinski definition) is 5. The molecule has 6 aromatic carbocycles. The van der Waals surface area contributed by atoms with Gasteiger partial charge in [0.1, 0.15) is 12.1 Å². The number of hydrogen-bond donors (Lipinski definition) is 1. The topological polar surface area (TPSA) is 91.1 Å². The Hall–Kier alpha value is -5.26. The van der Waals surface area contributed by atoms with Crippen LogP contribution in [0.2, 0.25) is 0 Å². The molecular weight excluding hydrogens is 644 g/mol. The number of aliphatic hydroxyl groups is 1. The number of para-hydroxylation sites is 2. The van der Waals surface area contributed by atoms with Crippen LogP contribution in [0.1, 0.15) is 52.4 Å². The Kier molecular flexibility index (Phi) is 13.5. The molecule has 0 saturated carbocycles. The normalized spacial score (nSPS) is 12.5. The van der Waals surface area contributed by atoms with Gasteiger partial charge in [0.25, 0.3) is 0 Å². The molecule has 243 valence electrons. The fraction of sp³-hybridized carbons (Fsp3) is 0.0952. The van der Waals surface area contributed by atoms with Crippen LogP contribution in [0.15, 0.2) is 180 Å². The first-order chi connectivity index (χ1) is 23.1. The molecule has 0 unspecified atom stereocenters. The third-order valence-corrected chi connectivity index (χ3v) is 7.50. The number of benzene rings is 6. The zero-order valence-corrected chi connectivity index (χ0v) is 27.4. The Balaban J connectivity index is 0.00000125. The largest absolute Gasteiger partial charge is 2.00 e. The predicted molar refractivity (Wildman–Crippen MR) is 187 cm³/mol. The summed E-state index contributed by atoms with van der Waals surface area (Å²) in [5.74, 6) is -0.209. The van der Waals surface area contributed by atoms with Crippen LogP contribution < -0.4 is 10.2 Å². The molecule has 2 atom stereocenters. The summed E-state index contributed by atoms with van der Waals surface area (Å²) >= 11 is 0. The molecule has 0 heterocycles. The van der Waals surface area contributed by atoms with Crippen molar-refractivity contribution in [1.29, 1.82) is 0 Å². The quantitative estimate of drug-likeness (QED) is 0.126. The van der Waals surface area contributed by atoms with Gasteiger partial charge in [-0.2, -0.15) is 0 Å². The summed E-state index contributed by atoms with van der Waals surface area (Å²) in [6, 6.07) is 52.5. The monoisotopic (exact) mass is 679 g/mol. The van der Waals surface area contributed by atoms with E-state index in [9.17, 15) is 10.2 Å². The predicted octanol–water partition coefficient (Wildman–Crippen LogP) is 7.69. The third kappa shape index (κ3) is 8.96. The summed E-state index contributed by atoms with van der Waals surface area (Å²) in [5.41, 5.74) is 5.75. The minimum absolute atomic E-state index is 0. The molecule has 5 nitrogen and oxygen atoms in total. The molecule has 0 bridgehead atoms. The van der Waals surface area contributed by atoms with Gasteiger partial charge in [0.2, 0.25) is 0 Å². The molecule has 0 amide bonds. The number of nitrogens with zero attached hydrogens (tertiary/aromatic N) is 2. The van der Waals surface area contributed by atoms with Crippen LogP contribution in [0.3, 0.4) is 0 Å². The second-order valence-corrected chi connectivity index (χ2v) is 10.7. The van der Waals surface area contributed by atoms with E-state index in [0.29, 0.717) is 22.6 Å². The molecule has 6 aromatic rings. The first-order valence-corrected chi connectivity index (χ1v) is 15.6. The molecule has 0 fully saturated rings. The van der Waals surface area contributed by atoms with E-state index in [1.165, 1.54) is 0 Å². The van der Waals surface area contributed by atoms with Crippen molar-refractivity contribution in [3.63, 3.8) is 0 Å². The molecular formula is C42H36CuN2O3. The summed E-state index contributed by atoms with van der Waals surface area (Å²) in [4.78, 5) is 10.8. The number of aliphatic hydroxyl groups excluding tert-OH is 1. The summed E-state index contributed by atoms with van der Waals surface area (Å²) in [6.07, 6.45) is 0. The second-order valence-electron chi connectivity index (χ2n) is 10.7. The van der Waals surface area contributed by atoms with Crippen LogP contribution in [-0.4, -0.2) is 23.1 Å². The van der Waals surface area contributed by atoms with Crippen LogP contribution in [0.25, 0.3) is 0 Å². The Morgan fingerprint density at radius 1 is 0.479 bits per heavy atom. The van der Waals surface area contributed by atoms with Crippen molar-refractivity contribution in [1.82, 2.24) is 0 Å². The van der Waals surface area contributed by atoms with E-state index in [-0.39, 0.29) is 35.2 Å². The summed E-state index contributed by atoms with van der Waals surface area (Å²) in [6.45, 7) is 1.93. The Morgan fingerprint density at radius 3 is 1.06 bits per heavy atom. The summed E-state index contributed by atoms with van der Waals surface area (Å²) in [7, 11) is 0. The van der Waals surface area contributed by atoms with E-state index < -0.39 is 12.1 Å². The molecule has 0 spiro atoms. The van der Waals surface area contributed by atoms with Crippen LogP contribution in [0, 0.1) is 0 Å². The molecule has 6 heteroatoms. The van der Waals surface area contributed by atoms with Crippen molar-refractivity contribution in [2.75, 3.05) is 6.61 Å². The van der Waals surface area contributed by atoms with Crippen LogP contribution in [-0.2, 0) is 17.1 Å². The van der Waals surface area contributed by atoms with Crippen molar-refractivity contribution in [2.24, 2.45) is 9.98 Å². The van der Waals surface area contributed by atoms with Gasteiger partial charge in [-0.1, -0.05) is 181 Å². The fourth-order valence-corrected chi connectivity index (χ4v) is 5.35. The molecule has 0 saturated heterocycles. The molecule has 0 aliphatic heterocycles. The van der Waals surface area contributed by atoms with Gasteiger partial charge >= 0.3 is 17.1 Å². The third-order valence-electron chi connectivity index (χ3n) is 7.50. The van der Waals surface area contributed by atoms with Crippen molar-refractivity contribution in [3.05, 3.63) is 203 Å². The molecule has 6 rings (SSSR count). The van der Waals surface area contributed by atoms with E-state index in [1.54, 1.807) is 31.2 Å². The van der Waals surface area contributed by atoms with E-state index >= 15 is 0 Å². The molecule has 0 aliphatic carbocycles. The Morgan fingerprint density at radius 2 is 0.750 bits per heavy atom. The van der Waals surface area contributed by atoms with E-state index in [2.05, 4.69) is 0 Å². The van der Waals surface area contributed by atoms with E-state index in [1.807, 2.05) is 146 Å². The molecule has 0 aliphatic rings. The maximum Gasteiger partial charge on any atom is 2.00 e. The fourth-order valence-electron chi connectivity index (χ4n) is 5.35. The maximum absolute atomic E-state index is 13.2. The van der Waals surface area contributed by atoms with Gasteiger partial charge in [0, 0.05) is 17.7 Å². The average Bonchev–Trinajstić information content (AvgIpc) is 3.12. The zero-order valence-electron chi connectivity index (χ0n) is 26.5. The second kappa shape index (κ2) is 18.2. The summed E-state index contributed by atoms with van der Waals surface area (Å²) in [5, 5.41) is 34.0. The first-order valence-electron chi connectivity index (χ1n) is 15.6. The van der Waals surface area contributed by atoms with Crippen molar-refractivity contribution < 1.29 is 32.4 Å². The van der Waals surface area contributed by atoms with Crippen molar-refractivity contribution in [3.8, 4) is 11.5 Å². The van der Waals surface area contributed by atoms with Gasteiger partial charge in [0.05, 0.1) is 11.4 Å². The van der Waals surface area contributed by atoms with Crippen LogP contribution >= 0.6 is 0 Å². The van der Waals surface area contributed by atoms with Crippen LogP contribution in [0.5, 0.6) is 11.5 Å². The standard InChI is InChI=1S/C40H32N2O2.C2H6O.Cu/c43-35-27-15-13-25-33(35)37(29-17-5-1-6-18-29)41-39(31-21-9-3-10-22-31)40(32-23-11-4-12-24-32)42-38(30-19-7-2-8-20-30)34-26-14-16-28-36(34)44;1-2-3;/h1-28,39-40,43-44H;3H,2H2,1H3;/q;;+2/p-2/t39-,40-;;/m0../s1. The van der Waals surface area contributed by atoms with Crippen molar-refractivity contribution in [2.45, 2.75) is 19.0 Å². The number of aliphatic imine (C=N–C) groups is 2. The average molecular weight is 680 g/mol. The Labute approximate surface area is 293 Å².